The second-order valence-electron chi connectivity index (χ2n) is 6.87. The Morgan fingerprint density at radius 1 is 1.16 bits per heavy atom. The first-order valence-corrected chi connectivity index (χ1v) is 8.56. The third kappa shape index (κ3) is 2.99. The molecule has 1 aliphatic carbocycles. The van der Waals surface area contributed by atoms with Gasteiger partial charge in [-0.15, -0.1) is 0 Å². The highest BCUT2D eigenvalue weighted by Gasteiger charge is 2.47. The zero-order valence-corrected chi connectivity index (χ0v) is 14.1. The number of aromatic nitrogens is 2. The molecule has 25 heavy (non-hydrogen) atoms. The Kier molecular flexibility index (Phi) is 3.95. The first-order valence-electron chi connectivity index (χ1n) is 8.56. The molecule has 1 N–H and O–H groups in total. The molecular weight excluding hydrogens is 316 g/mol. The largest absolute Gasteiger partial charge is 0.347 e. The van der Waals surface area contributed by atoms with Crippen LogP contribution in [0, 0.1) is 12.8 Å². The zero-order chi connectivity index (χ0) is 17.4. The molecule has 3 atom stereocenters. The lowest BCUT2D eigenvalue weighted by atomic mass is 10.0. The molecule has 2 bridgehead atoms. The molecule has 128 valence electrons. The SMILES string of the molecule is Cc1ccc(C(=O)N2CC3CC(NC(=O)c4cccnc4)C2C3)cn1. The van der Waals surface area contributed by atoms with Gasteiger partial charge in [-0.25, -0.2) is 0 Å². The Bertz CT molecular complexity index is 791. The van der Waals surface area contributed by atoms with E-state index in [4.69, 9.17) is 0 Å². The Hall–Kier alpha value is -2.76. The monoisotopic (exact) mass is 336 g/mol. The fourth-order valence-corrected chi connectivity index (χ4v) is 3.92. The first kappa shape index (κ1) is 15.7. The number of rotatable bonds is 3. The minimum atomic E-state index is -0.130. The smallest absolute Gasteiger partial charge is 0.255 e. The highest BCUT2D eigenvalue weighted by molar-refractivity contribution is 5.95. The minimum absolute atomic E-state index is 0.000303. The lowest BCUT2D eigenvalue weighted by Crippen LogP contribution is -2.52. The summed E-state index contributed by atoms with van der Waals surface area (Å²) in [6.07, 6.45) is 6.70. The van der Waals surface area contributed by atoms with E-state index in [9.17, 15) is 9.59 Å². The van der Waals surface area contributed by atoms with Crippen LogP contribution in [0.25, 0.3) is 0 Å². The summed E-state index contributed by atoms with van der Waals surface area (Å²) in [4.78, 5) is 35.3. The molecule has 3 unspecified atom stereocenters. The zero-order valence-electron chi connectivity index (χ0n) is 14.1. The summed E-state index contributed by atoms with van der Waals surface area (Å²) in [5, 5.41) is 3.08. The number of pyridine rings is 2. The van der Waals surface area contributed by atoms with Crippen molar-refractivity contribution in [2.24, 2.45) is 5.92 Å². The van der Waals surface area contributed by atoms with Crippen LogP contribution in [-0.4, -0.2) is 45.3 Å². The third-order valence-electron chi connectivity index (χ3n) is 5.14. The Morgan fingerprint density at radius 3 is 2.72 bits per heavy atom. The van der Waals surface area contributed by atoms with Crippen molar-refractivity contribution < 1.29 is 9.59 Å². The molecule has 2 aromatic heterocycles. The number of aryl methyl sites for hydroxylation is 1. The minimum Gasteiger partial charge on any atom is -0.347 e. The fraction of sp³-hybridized carbons (Fsp3) is 0.368. The summed E-state index contributed by atoms with van der Waals surface area (Å²) < 4.78 is 0. The van der Waals surface area contributed by atoms with Crippen molar-refractivity contribution in [2.45, 2.75) is 31.8 Å². The summed E-state index contributed by atoms with van der Waals surface area (Å²) in [6, 6.07) is 7.21. The highest BCUT2D eigenvalue weighted by atomic mass is 16.2. The van der Waals surface area contributed by atoms with E-state index in [0.717, 1.165) is 25.1 Å². The normalized spacial score (nSPS) is 24.4. The molecule has 6 nitrogen and oxygen atoms in total. The molecule has 4 rings (SSSR count). The number of carbonyl (C=O) groups excluding carboxylic acids is 2. The molecule has 2 fully saturated rings. The molecule has 2 aliphatic rings. The van der Waals surface area contributed by atoms with Gasteiger partial charge in [-0.3, -0.25) is 19.6 Å². The predicted octanol–water partition coefficient (Wildman–Crippen LogP) is 1.82. The number of amides is 2. The number of piperidine rings is 1. The maximum atomic E-state index is 12.8. The lowest BCUT2D eigenvalue weighted by molar-refractivity contribution is 0.0648. The van der Waals surface area contributed by atoms with Crippen LogP contribution in [-0.2, 0) is 0 Å². The predicted molar refractivity (Wildman–Crippen MR) is 92.0 cm³/mol. The van der Waals surface area contributed by atoms with E-state index in [1.807, 2.05) is 24.0 Å². The van der Waals surface area contributed by atoms with Crippen molar-refractivity contribution in [2.75, 3.05) is 6.54 Å². The average Bonchev–Trinajstić information content (AvgIpc) is 3.23. The van der Waals surface area contributed by atoms with Gasteiger partial charge in [0.1, 0.15) is 0 Å². The van der Waals surface area contributed by atoms with Crippen LogP contribution in [0.2, 0.25) is 0 Å². The van der Waals surface area contributed by atoms with Gasteiger partial charge < -0.3 is 10.2 Å². The quantitative estimate of drug-likeness (QED) is 0.928. The van der Waals surface area contributed by atoms with Gasteiger partial charge in [-0.05, 0) is 49.9 Å². The number of nitrogens with zero attached hydrogens (tertiary/aromatic N) is 3. The van der Waals surface area contributed by atoms with Crippen LogP contribution in [0.5, 0.6) is 0 Å². The van der Waals surface area contributed by atoms with Gasteiger partial charge in [0, 0.05) is 36.9 Å². The van der Waals surface area contributed by atoms with Gasteiger partial charge in [0.25, 0.3) is 11.8 Å². The van der Waals surface area contributed by atoms with E-state index >= 15 is 0 Å². The number of carbonyl (C=O) groups is 2. The maximum absolute atomic E-state index is 12.8. The van der Waals surface area contributed by atoms with Crippen molar-refractivity contribution in [3.63, 3.8) is 0 Å². The lowest BCUT2D eigenvalue weighted by Gasteiger charge is -2.33. The summed E-state index contributed by atoms with van der Waals surface area (Å²) in [7, 11) is 0. The van der Waals surface area contributed by atoms with Crippen molar-refractivity contribution in [3.05, 3.63) is 59.7 Å². The Balaban J connectivity index is 1.47. The number of hydrogen-bond acceptors (Lipinski definition) is 4. The van der Waals surface area contributed by atoms with Gasteiger partial charge in [-0.1, -0.05) is 0 Å². The number of likely N-dealkylation sites (tertiary alicyclic amines) is 1. The van der Waals surface area contributed by atoms with E-state index in [-0.39, 0.29) is 23.9 Å². The molecule has 1 saturated heterocycles. The molecule has 2 amide bonds. The molecule has 3 heterocycles. The second kappa shape index (κ2) is 6.27. The fourth-order valence-electron chi connectivity index (χ4n) is 3.92. The van der Waals surface area contributed by atoms with Crippen LogP contribution >= 0.6 is 0 Å². The molecule has 0 spiro atoms. The maximum Gasteiger partial charge on any atom is 0.255 e. The van der Waals surface area contributed by atoms with E-state index in [1.165, 1.54) is 0 Å². The highest BCUT2D eigenvalue weighted by Crippen LogP contribution is 2.38. The summed E-state index contributed by atoms with van der Waals surface area (Å²) in [5.74, 6) is 0.321. The molecule has 0 aromatic carbocycles. The standard InChI is InChI=1S/C19H20N4O2/c1-12-4-5-15(10-21-12)19(25)23-11-13-7-16(17(23)8-13)22-18(24)14-3-2-6-20-9-14/h2-6,9-10,13,16-17H,7-8,11H2,1H3,(H,22,24). The van der Waals surface area contributed by atoms with Crippen LogP contribution in [0.15, 0.2) is 42.9 Å². The molecule has 1 saturated carbocycles. The molecule has 2 aromatic rings. The van der Waals surface area contributed by atoms with Crippen LogP contribution in [0.3, 0.4) is 0 Å². The second-order valence-corrected chi connectivity index (χ2v) is 6.87. The van der Waals surface area contributed by atoms with Gasteiger partial charge in [0.05, 0.1) is 17.2 Å². The van der Waals surface area contributed by atoms with Gasteiger partial charge >= 0.3 is 0 Å². The van der Waals surface area contributed by atoms with Crippen LogP contribution in [0.1, 0.15) is 39.3 Å². The Morgan fingerprint density at radius 2 is 2.04 bits per heavy atom. The van der Waals surface area contributed by atoms with E-state index in [0.29, 0.717) is 17.0 Å². The average molecular weight is 336 g/mol. The molecule has 1 aliphatic heterocycles. The van der Waals surface area contributed by atoms with E-state index < -0.39 is 0 Å². The van der Waals surface area contributed by atoms with Crippen LogP contribution < -0.4 is 5.32 Å². The van der Waals surface area contributed by atoms with Crippen molar-refractivity contribution >= 4 is 11.8 Å². The molecular formula is C19H20N4O2. The first-order chi connectivity index (χ1) is 12.1. The topological polar surface area (TPSA) is 75.2 Å². The number of fused-ring (bicyclic) bond motifs is 2. The molecule has 6 heteroatoms. The van der Waals surface area contributed by atoms with E-state index in [1.54, 1.807) is 30.7 Å². The van der Waals surface area contributed by atoms with Gasteiger partial charge in [-0.2, -0.15) is 0 Å². The number of hydrogen-bond donors (Lipinski definition) is 1. The summed E-state index contributed by atoms with van der Waals surface area (Å²) in [5.41, 5.74) is 2.04. The Labute approximate surface area is 146 Å². The van der Waals surface area contributed by atoms with Gasteiger partial charge in [0.15, 0.2) is 0 Å². The van der Waals surface area contributed by atoms with E-state index in [2.05, 4.69) is 15.3 Å². The van der Waals surface area contributed by atoms with Crippen molar-refractivity contribution in [1.82, 2.24) is 20.2 Å². The molecule has 0 radical (unpaired) electrons. The van der Waals surface area contributed by atoms with Crippen molar-refractivity contribution in [1.29, 1.82) is 0 Å². The summed E-state index contributed by atoms with van der Waals surface area (Å²) in [6.45, 7) is 2.66. The summed E-state index contributed by atoms with van der Waals surface area (Å²) >= 11 is 0. The van der Waals surface area contributed by atoms with Crippen molar-refractivity contribution in [3.8, 4) is 0 Å². The third-order valence-corrected chi connectivity index (χ3v) is 5.14. The van der Waals surface area contributed by atoms with Crippen LogP contribution in [0.4, 0.5) is 0 Å². The van der Waals surface area contributed by atoms with Gasteiger partial charge in [0.2, 0.25) is 0 Å². The number of nitrogens with one attached hydrogen (secondary N) is 1.